The molecule has 0 aromatic heterocycles. The number of halogens is 2. The number of nitro groups is 1. The van der Waals surface area contributed by atoms with E-state index in [4.69, 9.17) is 0 Å². The highest BCUT2D eigenvalue weighted by Gasteiger charge is 2.26. The Morgan fingerprint density at radius 1 is 1.55 bits per heavy atom. The highest BCUT2D eigenvalue weighted by Crippen LogP contribution is 2.19. The van der Waals surface area contributed by atoms with E-state index in [9.17, 15) is 19.3 Å². The molecule has 1 saturated heterocycles. The molecule has 1 unspecified atom stereocenters. The summed E-state index contributed by atoms with van der Waals surface area (Å²) >= 11 is 0. The van der Waals surface area contributed by atoms with E-state index >= 15 is 0 Å². The number of nitrogens with one attached hydrogen (secondary N) is 1. The number of piperazine rings is 1. The van der Waals surface area contributed by atoms with E-state index in [-0.39, 0.29) is 29.7 Å². The molecule has 1 heterocycles. The Labute approximate surface area is 121 Å². The van der Waals surface area contributed by atoms with Crippen LogP contribution in [0.25, 0.3) is 0 Å². The minimum atomic E-state index is -0.857. The molecule has 0 radical (unpaired) electrons. The minimum absolute atomic E-state index is 0. The van der Waals surface area contributed by atoms with E-state index in [2.05, 4.69) is 5.32 Å². The zero-order valence-corrected chi connectivity index (χ0v) is 11.7. The molecule has 1 atom stereocenters. The first kappa shape index (κ1) is 16.3. The quantitative estimate of drug-likeness (QED) is 0.665. The fourth-order valence-electron chi connectivity index (χ4n) is 2.09. The summed E-state index contributed by atoms with van der Waals surface area (Å²) in [6.45, 7) is 3.68. The third-order valence-corrected chi connectivity index (χ3v) is 3.16. The van der Waals surface area contributed by atoms with Gasteiger partial charge in [-0.15, -0.1) is 12.4 Å². The normalized spacial score (nSPS) is 18.3. The Hall–Kier alpha value is -1.73. The number of amides is 1. The van der Waals surface area contributed by atoms with E-state index in [1.54, 1.807) is 4.90 Å². The number of carbonyl (C=O) groups is 1. The Balaban J connectivity index is 0.00000200. The fourth-order valence-corrected chi connectivity index (χ4v) is 2.09. The summed E-state index contributed by atoms with van der Waals surface area (Å²) in [5.74, 6) is -1.29. The highest BCUT2D eigenvalue weighted by atomic mass is 35.5. The Morgan fingerprint density at radius 3 is 2.80 bits per heavy atom. The smallest absolute Gasteiger partial charge is 0.272 e. The van der Waals surface area contributed by atoms with Gasteiger partial charge in [0.2, 0.25) is 0 Å². The molecule has 20 heavy (non-hydrogen) atoms. The molecule has 0 saturated carbocycles. The molecule has 0 bridgehead atoms. The summed E-state index contributed by atoms with van der Waals surface area (Å²) in [6.07, 6.45) is 0. The first-order chi connectivity index (χ1) is 9.00. The predicted molar refractivity (Wildman–Crippen MR) is 73.7 cm³/mol. The summed E-state index contributed by atoms with van der Waals surface area (Å²) in [7, 11) is 0. The number of hydrogen-bond donors (Lipinski definition) is 1. The summed E-state index contributed by atoms with van der Waals surface area (Å²) in [5.41, 5.74) is -0.484. The second kappa shape index (κ2) is 6.62. The van der Waals surface area contributed by atoms with E-state index < -0.39 is 16.6 Å². The van der Waals surface area contributed by atoms with Gasteiger partial charge < -0.3 is 10.2 Å². The van der Waals surface area contributed by atoms with Crippen LogP contribution >= 0.6 is 12.4 Å². The van der Waals surface area contributed by atoms with Crippen LogP contribution in [0.15, 0.2) is 18.2 Å². The van der Waals surface area contributed by atoms with Crippen molar-refractivity contribution >= 4 is 24.0 Å². The van der Waals surface area contributed by atoms with Gasteiger partial charge in [0.05, 0.1) is 16.6 Å². The van der Waals surface area contributed by atoms with Gasteiger partial charge in [0, 0.05) is 31.7 Å². The van der Waals surface area contributed by atoms with Crippen molar-refractivity contribution in [1.29, 1.82) is 0 Å². The van der Waals surface area contributed by atoms with Crippen molar-refractivity contribution in [2.75, 3.05) is 19.6 Å². The lowest BCUT2D eigenvalue weighted by molar-refractivity contribution is -0.385. The Kier molecular flexibility index (Phi) is 5.41. The van der Waals surface area contributed by atoms with Crippen LogP contribution in [-0.2, 0) is 0 Å². The van der Waals surface area contributed by atoms with Gasteiger partial charge >= 0.3 is 0 Å². The van der Waals surface area contributed by atoms with Crippen LogP contribution in [-0.4, -0.2) is 41.4 Å². The summed E-state index contributed by atoms with van der Waals surface area (Å²) in [4.78, 5) is 23.6. The molecular formula is C12H15ClFN3O3. The number of carbonyl (C=O) groups excluding carboxylic acids is 1. The molecule has 110 valence electrons. The van der Waals surface area contributed by atoms with E-state index in [0.717, 1.165) is 12.1 Å². The molecule has 1 aliphatic heterocycles. The van der Waals surface area contributed by atoms with Crippen LogP contribution < -0.4 is 5.32 Å². The monoisotopic (exact) mass is 303 g/mol. The largest absolute Gasteiger partial charge is 0.333 e. The maximum Gasteiger partial charge on any atom is 0.272 e. The van der Waals surface area contributed by atoms with Crippen molar-refractivity contribution in [1.82, 2.24) is 10.2 Å². The Bertz CT molecular complexity index is 527. The van der Waals surface area contributed by atoms with Crippen LogP contribution in [0.2, 0.25) is 0 Å². The topological polar surface area (TPSA) is 75.5 Å². The number of benzene rings is 1. The second-order valence-electron chi connectivity index (χ2n) is 4.47. The first-order valence-corrected chi connectivity index (χ1v) is 5.96. The van der Waals surface area contributed by atoms with E-state index in [1.807, 2.05) is 6.92 Å². The van der Waals surface area contributed by atoms with Crippen LogP contribution in [0.5, 0.6) is 0 Å². The van der Waals surface area contributed by atoms with Crippen molar-refractivity contribution in [2.24, 2.45) is 0 Å². The van der Waals surface area contributed by atoms with Crippen LogP contribution in [0.3, 0.4) is 0 Å². The standard InChI is InChI=1S/C12H14FN3O3.ClH/c1-8-7-14-4-5-15(8)12(17)10-3-2-9(16(18)19)6-11(10)13;/h2-3,6,8,14H,4-5,7H2,1H3;1H. The second-order valence-corrected chi connectivity index (χ2v) is 4.47. The van der Waals surface area contributed by atoms with Crippen molar-refractivity contribution in [3.63, 3.8) is 0 Å². The molecule has 0 aliphatic carbocycles. The molecule has 1 aliphatic rings. The van der Waals surface area contributed by atoms with Gasteiger partial charge in [0.25, 0.3) is 11.6 Å². The van der Waals surface area contributed by atoms with Gasteiger partial charge in [-0.1, -0.05) is 0 Å². The lowest BCUT2D eigenvalue weighted by atomic mass is 10.1. The zero-order chi connectivity index (χ0) is 14.0. The fraction of sp³-hybridized carbons (Fsp3) is 0.417. The summed E-state index contributed by atoms with van der Waals surface area (Å²) in [6, 6.07) is 3.06. The molecular weight excluding hydrogens is 289 g/mol. The molecule has 1 N–H and O–H groups in total. The highest BCUT2D eigenvalue weighted by molar-refractivity contribution is 5.95. The predicted octanol–water partition coefficient (Wildman–Crippen LogP) is 1.59. The van der Waals surface area contributed by atoms with Crippen molar-refractivity contribution in [3.8, 4) is 0 Å². The third kappa shape index (κ3) is 3.23. The van der Waals surface area contributed by atoms with Crippen molar-refractivity contribution < 1.29 is 14.1 Å². The average Bonchev–Trinajstić information content (AvgIpc) is 2.38. The molecule has 1 aromatic carbocycles. The number of nitrogens with zero attached hydrogens (tertiary/aromatic N) is 2. The Morgan fingerprint density at radius 2 is 2.25 bits per heavy atom. The van der Waals surface area contributed by atoms with Gasteiger partial charge in [-0.3, -0.25) is 14.9 Å². The van der Waals surface area contributed by atoms with Gasteiger partial charge in [0.15, 0.2) is 0 Å². The van der Waals surface area contributed by atoms with Crippen LogP contribution in [0, 0.1) is 15.9 Å². The molecule has 6 nitrogen and oxygen atoms in total. The number of hydrogen-bond acceptors (Lipinski definition) is 4. The third-order valence-electron chi connectivity index (χ3n) is 3.16. The first-order valence-electron chi connectivity index (χ1n) is 5.96. The number of non-ortho nitro benzene ring substituents is 1. The SMILES string of the molecule is CC1CNCCN1C(=O)c1ccc([N+](=O)[O-])cc1F.Cl. The van der Waals surface area contributed by atoms with Gasteiger partial charge in [-0.05, 0) is 13.0 Å². The van der Waals surface area contributed by atoms with E-state index in [1.165, 1.54) is 6.07 Å². The van der Waals surface area contributed by atoms with Crippen LogP contribution in [0.1, 0.15) is 17.3 Å². The number of rotatable bonds is 2. The molecule has 1 amide bonds. The molecule has 2 rings (SSSR count). The van der Waals surface area contributed by atoms with Gasteiger partial charge in [-0.25, -0.2) is 4.39 Å². The maximum atomic E-state index is 13.8. The zero-order valence-electron chi connectivity index (χ0n) is 10.8. The summed E-state index contributed by atoms with van der Waals surface area (Å²) in [5, 5.41) is 13.7. The molecule has 0 spiro atoms. The molecule has 8 heteroatoms. The van der Waals surface area contributed by atoms with E-state index in [0.29, 0.717) is 19.6 Å². The summed E-state index contributed by atoms with van der Waals surface area (Å²) < 4.78 is 13.8. The van der Waals surface area contributed by atoms with Crippen molar-refractivity contribution in [3.05, 3.63) is 39.7 Å². The van der Waals surface area contributed by atoms with Crippen molar-refractivity contribution in [2.45, 2.75) is 13.0 Å². The maximum absolute atomic E-state index is 13.8. The lowest BCUT2D eigenvalue weighted by Crippen LogP contribution is -2.52. The van der Waals surface area contributed by atoms with Gasteiger partial charge in [0.1, 0.15) is 5.82 Å². The van der Waals surface area contributed by atoms with Crippen LogP contribution in [0.4, 0.5) is 10.1 Å². The van der Waals surface area contributed by atoms with Gasteiger partial charge in [-0.2, -0.15) is 0 Å². The lowest BCUT2D eigenvalue weighted by Gasteiger charge is -2.34. The molecule has 1 fully saturated rings. The average molecular weight is 304 g/mol. The minimum Gasteiger partial charge on any atom is -0.333 e. The molecule has 1 aromatic rings. The number of nitro benzene ring substituents is 1.